The molecule has 2 atom stereocenters. The normalized spacial score (nSPS) is 28.6. The molecule has 4 nitrogen and oxygen atoms in total. The lowest BCUT2D eigenvalue weighted by molar-refractivity contribution is 0.430. The summed E-state index contributed by atoms with van der Waals surface area (Å²) in [4.78, 5) is 6.09. The molecule has 0 spiro atoms. The summed E-state index contributed by atoms with van der Waals surface area (Å²) < 4.78 is 0. The van der Waals surface area contributed by atoms with Gasteiger partial charge in [-0.15, -0.1) is 0 Å². The summed E-state index contributed by atoms with van der Waals surface area (Å²) in [6.07, 6.45) is 6.10. The summed E-state index contributed by atoms with van der Waals surface area (Å²) >= 11 is 0. The Morgan fingerprint density at radius 3 is 2.83 bits per heavy atom. The third kappa shape index (κ3) is 2.64. The number of nitrogens with zero attached hydrogens (tertiary/aromatic N) is 2. The molecule has 0 amide bonds. The van der Waals surface area contributed by atoms with E-state index in [4.69, 9.17) is 5.73 Å². The molecule has 12 heavy (non-hydrogen) atoms. The average molecular weight is 168 g/mol. The maximum Gasteiger partial charge on any atom is 0.109 e. The first kappa shape index (κ1) is 9.22. The van der Waals surface area contributed by atoms with E-state index in [2.05, 4.69) is 10.3 Å². The van der Waals surface area contributed by atoms with Crippen LogP contribution in [0, 0.1) is 0 Å². The molecule has 3 N–H and O–H groups in total. The van der Waals surface area contributed by atoms with Crippen molar-refractivity contribution in [2.75, 3.05) is 13.6 Å². The lowest BCUT2D eigenvalue weighted by Crippen LogP contribution is -2.20. The number of rotatable bonds is 4. The van der Waals surface area contributed by atoms with Crippen molar-refractivity contribution < 1.29 is 0 Å². The largest absolute Gasteiger partial charge is 0.362 e. The molecule has 0 saturated carbocycles. The number of nitrogens with one attached hydrogen (secondary N) is 1. The Hall–Kier alpha value is -0.870. The van der Waals surface area contributed by atoms with E-state index in [1.165, 1.54) is 0 Å². The molecule has 1 heterocycles. The number of nitrogens with two attached hydrogens (primary N) is 1. The van der Waals surface area contributed by atoms with Gasteiger partial charge in [-0.05, 0) is 13.0 Å². The van der Waals surface area contributed by atoms with Crippen molar-refractivity contribution in [1.29, 1.82) is 0 Å². The third-order valence-corrected chi connectivity index (χ3v) is 1.73. The Kier molecular flexibility index (Phi) is 3.25. The van der Waals surface area contributed by atoms with Crippen molar-refractivity contribution in [2.24, 2.45) is 10.7 Å². The second kappa shape index (κ2) is 4.23. The standard InChI is InChI=1S/C8H16N4/c1-3-10-5-4-6-12(2)8-7(9)11-8/h4-8,11H,3,9H2,1-2H3/b6-4-,10-5?. The van der Waals surface area contributed by atoms with Gasteiger partial charge in [0.1, 0.15) is 6.17 Å². The Morgan fingerprint density at radius 1 is 1.67 bits per heavy atom. The van der Waals surface area contributed by atoms with E-state index in [0.717, 1.165) is 6.54 Å². The highest BCUT2D eigenvalue weighted by Gasteiger charge is 2.34. The van der Waals surface area contributed by atoms with Crippen molar-refractivity contribution >= 4 is 6.21 Å². The highest BCUT2D eigenvalue weighted by molar-refractivity contribution is 5.70. The van der Waals surface area contributed by atoms with Crippen LogP contribution in [-0.2, 0) is 0 Å². The monoisotopic (exact) mass is 168 g/mol. The van der Waals surface area contributed by atoms with Crippen LogP contribution < -0.4 is 11.1 Å². The van der Waals surface area contributed by atoms with Crippen LogP contribution in [0.2, 0.25) is 0 Å². The number of likely N-dealkylation sites (N-methyl/N-ethyl adjacent to an activating group) is 1. The second-order valence-corrected chi connectivity index (χ2v) is 2.79. The molecule has 0 aliphatic carbocycles. The average Bonchev–Trinajstić information content (AvgIpc) is 2.76. The molecule has 1 saturated heterocycles. The van der Waals surface area contributed by atoms with Crippen LogP contribution in [0.5, 0.6) is 0 Å². The van der Waals surface area contributed by atoms with Gasteiger partial charge in [0.2, 0.25) is 0 Å². The summed E-state index contributed by atoms with van der Waals surface area (Å²) in [5.74, 6) is 0. The van der Waals surface area contributed by atoms with Gasteiger partial charge >= 0.3 is 0 Å². The zero-order valence-electron chi connectivity index (χ0n) is 7.57. The molecule has 68 valence electrons. The summed E-state index contributed by atoms with van der Waals surface area (Å²) in [6.45, 7) is 2.83. The van der Waals surface area contributed by atoms with Crippen molar-refractivity contribution in [1.82, 2.24) is 10.2 Å². The first-order valence-electron chi connectivity index (χ1n) is 4.16. The van der Waals surface area contributed by atoms with E-state index in [1.807, 2.05) is 31.1 Å². The maximum atomic E-state index is 5.58. The van der Waals surface area contributed by atoms with Gasteiger partial charge in [-0.25, -0.2) is 0 Å². The summed E-state index contributed by atoms with van der Waals surface area (Å²) in [5.41, 5.74) is 5.58. The molecule has 0 bridgehead atoms. The number of aliphatic imine (C=N–C) groups is 1. The quantitative estimate of drug-likeness (QED) is 0.449. The van der Waals surface area contributed by atoms with Crippen LogP contribution in [0.4, 0.5) is 0 Å². The Balaban J connectivity index is 2.21. The number of hydrogen-bond donors (Lipinski definition) is 2. The molecular formula is C8H16N4. The fourth-order valence-corrected chi connectivity index (χ4v) is 0.946. The molecule has 2 unspecified atom stereocenters. The third-order valence-electron chi connectivity index (χ3n) is 1.73. The predicted octanol–water partition coefficient (Wildman–Crippen LogP) is -0.263. The number of allylic oxidation sites excluding steroid dienone is 1. The van der Waals surface area contributed by atoms with Gasteiger partial charge in [-0.2, -0.15) is 0 Å². The smallest absolute Gasteiger partial charge is 0.109 e. The fourth-order valence-electron chi connectivity index (χ4n) is 0.946. The highest BCUT2D eigenvalue weighted by Crippen LogP contribution is 2.08. The first-order valence-corrected chi connectivity index (χ1v) is 4.16. The van der Waals surface area contributed by atoms with E-state index < -0.39 is 0 Å². The summed E-state index contributed by atoms with van der Waals surface area (Å²) in [7, 11) is 1.99. The molecule has 0 aromatic heterocycles. The van der Waals surface area contributed by atoms with E-state index in [1.54, 1.807) is 6.21 Å². The molecule has 4 heteroatoms. The van der Waals surface area contributed by atoms with Gasteiger partial charge < -0.3 is 10.6 Å². The molecule has 0 aromatic rings. The molecule has 0 aromatic carbocycles. The zero-order chi connectivity index (χ0) is 8.97. The molecular weight excluding hydrogens is 152 g/mol. The maximum absolute atomic E-state index is 5.58. The minimum Gasteiger partial charge on any atom is -0.362 e. The Bertz CT molecular complexity index is 187. The SMILES string of the molecule is CCN=C/C=C\N(C)C1NC1N. The topological polar surface area (TPSA) is 63.6 Å². The van der Waals surface area contributed by atoms with E-state index in [9.17, 15) is 0 Å². The van der Waals surface area contributed by atoms with Gasteiger partial charge in [-0.1, -0.05) is 0 Å². The highest BCUT2D eigenvalue weighted by atomic mass is 15.4. The van der Waals surface area contributed by atoms with Crippen molar-refractivity contribution in [2.45, 2.75) is 19.3 Å². The number of hydrogen-bond acceptors (Lipinski definition) is 4. The second-order valence-electron chi connectivity index (χ2n) is 2.79. The molecule has 1 aliphatic rings. The first-order chi connectivity index (χ1) is 5.75. The Morgan fingerprint density at radius 2 is 2.33 bits per heavy atom. The van der Waals surface area contributed by atoms with Gasteiger partial charge in [0.05, 0.1) is 6.17 Å². The van der Waals surface area contributed by atoms with E-state index >= 15 is 0 Å². The predicted molar refractivity (Wildman–Crippen MR) is 50.8 cm³/mol. The molecule has 1 fully saturated rings. The van der Waals surface area contributed by atoms with Crippen molar-refractivity contribution in [3.63, 3.8) is 0 Å². The van der Waals surface area contributed by atoms with Gasteiger partial charge in [0, 0.05) is 26.0 Å². The zero-order valence-corrected chi connectivity index (χ0v) is 7.57. The fraction of sp³-hybridized carbons (Fsp3) is 0.625. The van der Waals surface area contributed by atoms with Crippen LogP contribution in [0.15, 0.2) is 17.3 Å². The van der Waals surface area contributed by atoms with E-state index in [-0.39, 0.29) is 6.17 Å². The van der Waals surface area contributed by atoms with Crippen LogP contribution in [-0.4, -0.2) is 37.0 Å². The molecule has 1 rings (SSSR count). The van der Waals surface area contributed by atoms with Gasteiger partial charge in [0.25, 0.3) is 0 Å². The van der Waals surface area contributed by atoms with Crippen molar-refractivity contribution in [3.8, 4) is 0 Å². The van der Waals surface area contributed by atoms with Crippen LogP contribution in [0.3, 0.4) is 0 Å². The minimum absolute atomic E-state index is 0.128. The lowest BCUT2D eigenvalue weighted by Gasteiger charge is -2.09. The molecule has 1 aliphatic heterocycles. The minimum atomic E-state index is 0.128. The van der Waals surface area contributed by atoms with Gasteiger partial charge in [0.15, 0.2) is 0 Å². The lowest BCUT2D eigenvalue weighted by atomic mass is 10.5. The van der Waals surface area contributed by atoms with Crippen LogP contribution >= 0.6 is 0 Å². The molecule has 0 radical (unpaired) electrons. The Labute approximate surface area is 73.1 Å². The van der Waals surface area contributed by atoms with Crippen molar-refractivity contribution in [3.05, 3.63) is 12.3 Å². The van der Waals surface area contributed by atoms with Crippen LogP contribution in [0.1, 0.15) is 6.92 Å². The summed E-state index contributed by atoms with van der Waals surface area (Å²) in [6, 6.07) is 0. The van der Waals surface area contributed by atoms with Gasteiger partial charge in [-0.3, -0.25) is 10.3 Å². The summed E-state index contributed by atoms with van der Waals surface area (Å²) in [5, 5.41) is 3.08. The van der Waals surface area contributed by atoms with Crippen LogP contribution in [0.25, 0.3) is 0 Å². The van der Waals surface area contributed by atoms with E-state index in [0.29, 0.717) is 6.17 Å².